The summed E-state index contributed by atoms with van der Waals surface area (Å²) in [6.45, 7) is 3.74. The minimum atomic E-state index is -0.712. The Morgan fingerprint density at radius 2 is 1.83 bits per heavy atom. The molecule has 1 amide bonds. The molecule has 4 rings (SSSR count). The lowest BCUT2D eigenvalue weighted by atomic mass is 9.93. The Kier molecular flexibility index (Phi) is 8.55. The van der Waals surface area contributed by atoms with Crippen molar-refractivity contribution in [2.75, 3.05) is 20.1 Å². The number of guanidine groups is 1. The summed E-state index contributed by atoms with van der Waals surface area (Å²) < 4.78 is 5.67. The molecule has 35 heavy (non-hydrogen) atoms. The lowest BCUT2D eigenvalue weighted by molar-refractivity contribution is -0.123. The van der Waals surface area contributed by atoms with E-state index in [1.54, 1.807) is 19.2 Å². The van der Waals surface area contributed by atoms with Crippen LogP contribution in [-0.2, 0) is 4.79 Å². The van der Waals surface area contributed by atoms with E-state index >= 15 is 0 Å². The molecule has 0 radical (unpaired) electrons. The molecule has 0 spiro atoms. The van der Waals surface area contributed by atoms with Crippen LogP contribution in [0.2, 0.25) is 0 Å². The van der Waals surface area contributed by atoms with Crippen molar-refractivity contribution < 1.29 is 14.0 Å². The van der Waals surface area contributed by atoms with Gasteiger partial charge in [0.2, 0.25) is 11.7 Å². The zero-order chi connectivity index (χ0) is 24.6. The third kappa shape index (κ3) is 6.29. The summed E-state index contributed by atoms with van der Waals surface area (Å²) in [5.74, 6) is 0.239. The Hall–Kier alpha value is -3.16. The Morgan fingerprint density at radius 3 is 2.51 bits per heavy atom. The van der Waals surface area contributed by atoms with Gasteiger partial charge in [0.05, 0.1) is 6.04 Å². The largest absolute Gasteiger partial charge is 0.434 e. The summed E-state index contributed by atoms with van der Waals surface area (Å²) in [5, 5.41) is 6.35. The summed E-state index contributed by atoms with van der Waals surface area (Å²) in [5.41, 5.74) is 2.61. The highest BCUT2D eigenvalue weighted by Crippen LogP contribution is 2.23. The van der Waals surface area contributed by atoms with E-state index in [1.165, 1.54) is 24.8 Å². The van der Waals surface area contributed by atoms with Crippen LogP contribution in [0.5, 0.6) is 0 Å². The van der Waals surface area contributed by atoms with Gasteiger partial charge < -0.3 is 20.0 Å². The first-order valence-electron chi connectivity index (χ1n) is 13.0. The van der Waals surface area contributed by atoms with Crippen molar-refractivity contribution in [1.29, 1.82) is 0 Å². The molecule has 8 nitrogen and oxygen atoms in total. The fourth-order valence-corrected chi connectivity index (χ4v) is 4.86. The van der Waals surface area contributed by atoms with Crippen LogP contribution >= 0.6 is 0 Å². The van der Waals surface area contributed by atoms with Crippen LogP contribution in [0.4, 0.5) is 0 Å². The number of nitrogens with zero attached hydrogens (tertiary/aromatic N) is 3. The number of para-hydroxylation sites is 2. The third-order valence-electron chi connectivity index (χ3n) is 6.92. The van der Waals surface area contributed by atoms with Crippen LogP contribution in [0.3, 0.4) is 0 Å². The molecule has 2 fully saturated rings. The number of oxazole rings is 1. The van der Waals surface area contributed by atoms with E-state index in [-0.39, 0.29) is 17.6 Å². The molecule has 1 aliphatic heterocycles. The van der Waals surface area contributed by atoms with Gasteiger partial charge in [-0.15, -0.1) is 0 Å². The summed E-state index contributed by atoms with van der Waals surface area (Å²) in [4.78, 5) is 37.6. The fraction of sp³-hybridized carbons (Fsp3) is 0.556. The Bertz CT molecular complexity index is 1040. The highest BCUT2D eigenvalue weighted by Gasteiger charge is 2.29. The van der Waals surface area contributed by atoms with Crippen LogP contribution in [-0.4, -0.2) is 59.8 Å². The van der Waals surface area contributed by atoms with Crippen LogP contribution in [0, 0.1) is 0 Å². The normalized spacial score (nSPS) is 18.4. The number of aromatic nitrogens is 1. The van der Waals surface area contributed by atoms with E-state index < -0.39 is 12.1 Å². The number of aliphatic imine (C=N–C) groups is 1. The van der Waals surface area contributed by atoms with Gasteiger partial charge in [0.1, 0.15) is 11.6 Å². The number of nitrogens with one attached hydrogen (secondary N) is 2. The lowest BCUT2D eigenvalue weighted by Crippen LogP contribution is -2.54. The minimum Gasteiger partial charge on any atom is -0.434 e. The summed E-state index contributed by atoms with van der Waals surface area (Å²) >= 11 is 0. The van der Waals surface area contributed by atoms with E-state index in [0.29, 0.717) is 23.9 Å². The van der Waals surface area contributed by atoms with Crippen molar-refractivity contribution in [3.63, 3.8) is 0 Å². The van der Waals surface area contributed by atoms with Crippen LogP contribution in [0.15, 0.2) is 45.3 Å². The second kappa shape index (κ2) is 12.0. The van der Waals surface area contributed by atoms with Crippen LogP contribution < -0.4 is 10.6 Å². The zero-order valence-electron chi connectivity index (χ0n) is 20.9. The van der Waals surface area contributed by atoms with Crippen LogP contribution in [0.1, 0.15) is 75.4 Å². The van der Waals surface area contributed by atoms with Crippen molar-refractivity contribution in [2.45, 2.75) is 76.8 Å². The van der Waals surface area contributed by atoms with Gasteiger partial charge in [0.25, 0.3) is 5.89 Å². The molecule has 2 N–H and O–H groups in total. The molecule has 1 aromatic carbocycles. The van der Waals surface area contributed by atoms with E-state index in [2.05, 4.69) is 31.6 Å². The molecule has 2 aromatic rings. The number of amides is 1. The maximum atomic E-state index is 13.5. The minimum absolute atomic E-state index is 0.0278. The van der Waals surface area contributed by atoms with Gasteiger partial charge in [-0.3, -0.25) is 14.6 Å². The summed E-state index contributed by atoms with van der Waals surface area (Å²) in [6, 6.07) is 6.04. The number of likely N-dealkylation sites (tertiary alicyclic amines) is 1. The molecule has 1 aromatic heterocycles. The summed E-state index contributed by atoms with van der Waals surface area (Å²) in [7, 11) is 1.75. The highest BCUT2D eigenvalue weighted by molar-refractivity contribution is 6.01. The molecule has 1 saturated carbocycles. The van der Waals surface area contributed by atoms with Gasteiger partial charge in [-0.1, -0.05) is 37.1 Å². The first-order chi connectivity index (χ1) is 17.1. The van der Waals surface area contributed by atoms with Gasteiger partial charge in [-0.05, 0) is 63.5 Å². The molecular formula is C27H37N5O3. The van der Waals surface area contributed by atoms with Gasteiger partial charge in [-0.25, -0.2) is 4.98 Å². The van der Waals surface area contributed by atoms with Gasteiger partial charge in [0.15, 0.2) is 11.5 Å². The monoisotopic (exact) mass is 479 g/mol. The van der Waals surface area contributed by atoms with Gasteiger partial charge >= 0.3 is 0 Å². The molecule has 1 unspecified atom stereocenters. The van der Waals surface area contributed by atoms with Crippen molar-refractivity contribution in [3.05, 3.63) is 41.8 Å². The maximum absolute atomic E-state index is 13.5. The first-order valence-corrected chi connectivity index (χ1v) is 13.0. The van der Waals surface area contributed by atoms with Gasteiger partial charge in [-0.2, -0.15) is 0 Å². The third-order valence-corrected chi connectivity index (χ3v) is 6.92. The Labute approximate surface area is 207 Å². The average Bonchev–Trinajstić information content (AvgIpc) is 3.58. The zero-order valence-corrected chi connectivity index (χ0v) is 20.9. The SMILES string of the molecule is CCC(NC(=O)[C@H](CC=C1CCCCC1)NC(=NC)N1CCCC1)C(=O)c1nc2ccccc2o1. The van der Waals surface area contributed by atoms with Crippen molar-refractivity contribution >= 4 is 28.7 Å². The van der Waals surface area contributed by atoms with Crippen LogP contribution in [0.25, 0.3) is 11.1 Å². The number of ketones is 1. The molecular weight excluding hydrogens is 442 g/mol. The van der Waals surface area contributed by atoms with E-state index in [9.17, 15) is 9.59 Å². The van der Waals surface area contributed by atoms with Crippen molar-refractivity contribution in [2.24, 2.45) is 4.99 Å². The number of carbonyl (C=O) groups is 2. The molecule has 0 bridgehead atoms. The van der Waals surface area contributed by atoms with E-state index in [0.717, 1.165) is 44.7 Å². The van der Waals surface area contributed by atoms with Crippen molar-refractivity contribution in [3.8, 4) is 0 Å². The Morgan fingerprint density at radius 1 is 1.09 bits per heavy atom. The van der Waals surface area contributed by atoms with E-state index in [1.807, 2.05) is 19.1 Å². The molecule has 2 heterocycles. The standard InChI is InChI=1S/C27H37N5O3/c1-3-20(24(33)26-30-21-13-7-8-14-23(21)35-26)29-25(34)22(16-15-19-11-5-4-6-12-19)31-27(28-2)32-17-9-10-18-32/h7-8,13-15,20,22H,3-6,9-12,16-18H2,1-2H3,(H,28,31)(H,29,34)/t20?,22-/m0/s1. The predicted molar refractivity (Wildman–Crippen MR) is 137 cm³/mol. The molecule has 188 valence electrons. The number of carbonyl (C=O) groups excluding carboxylic acids is 2. The molecule has 8 heteroatoms. The number of benzene rings is 1. The second-order valence-electron chi connectivity index (χ2n) is 9.42. The highest BCUT2D eigenvalue weighted by atomic mass is 16.4. The maximum Gasteiger partial charge on any atom is 0.266 e. The smallest absolute Gasteiger partial charge is 0.266 e. The molecule has 2 aliphatic rings. The Balaban J connectivity index is 1.48. The number of hydrogen-bond acceptors (Lipinski definition) is 5. The molecule has 1 aliphatic carbocycles. The second-order valence-corrected chi connectivity index (χ2v) is 9.42. The number of rotatable bonds is 8. The quantitative estimate of drug-likeness (QED) is 0.254. The first kappa shape index (κ1) is 24.9. The number of Topliss-reactive ketones (excluding diaryl/α,β-unsaturated/α-hetero) is 1. The van der Waals surface area contributed by atoms with Gasteiger partial charge in [0, 0.05) is 20.1 Å². The topological polar surface area (TPSA) is 99.8 Å². The average molecular weight is 480 g/mol. The van der Waals surface area contributed by atoms with E-state index in [4.69, 9.17) is 4.42 Å². The fourth-order valence-electron chi connectivity index (χ4n) is 4.86. The number of allylic oxidation sites excluding steroid dienone is 1. The molecule has 1 saturated heterocycles. The number of fused-ring (bicyclic) bond motifs is 1. The predicted octanol–water partition coefficient (Wildman–Crippen LogP) is 4.23. The molecule has 2 atom stereocenters. The number of hydrogen-bond donors (Lipinski definition) is 2. The summed E-state index contributed by atoms with van der Waals surface area (Å²) in [6.07, 6.45) is 11.3. The lowest BCUT2D eigenvalue weighted by Gasteiger charge is -2.27. The van der Waals surface area contributed by atoms with Crippen molar-refractivity contribution in [1.82, 2.24) is 20.5 Å².